The quantitative estimate of drug-likeness (QED) is 0.782. The number of carbonyl (C=O) groups excluding carboxylic acids is 1. The molecule has 2 heterocycles. The number of benzene rings is 2. The second-order valence-electron chi connectivity index (χ2n) is 6.30. The summed E-state index contributed by atoms with van der Waals surface area (Å²) in [7, 11) is 1.59. The van der Waals surface area contributed by atoms with Gasteiger partial charge >= 0.3 is 0 Å². The Labute approximate surface area is 151 Å². The number of ether oxygens (including phenoxy) is 1. The van der Waals surface area contributed by atoms with Crippen LogP contribution in [-0.4, -0.2) is 36.3 Å². The van der Waals surface area contributed by atoms with Crippen LogP contribution in [0.3, 0.4) is 0 Å². The summed E-state index contributed by atoms with van der Waals surface area (Å²) in [6, 6.07) is 15.0. The number of nitrogens with one attached hydrogen (secondary N) is 1. The third-order valence-corrected chi connectivity index (χ3v) is 4.62. The van der Waals surface area contributed by atoms with E-state index in [2.05, 4.69) is 20.4 Å². The van der Waals surface area contributed by atoms with Crippen LogP contribution in [0.25, 0.3) is 10.8 Å². The Kier molecular flexibility index (Phi) is 4.39. The van der Waals surface area contributed by atoms with Crippen LogP contribution in [0.1, 0.15) is 23.3 Å². The van der Waals surface area contributed by atoms with E-state index in [9.17, 15) is 4.79 Å². The minimum Gasteiger partial charge on any atom is -0.497 e. The highest BCUT2D eigenvalue weighted by Crippen LogP contribution is 2.28. The van der Waals surface area contributed by atoms with Crippen molar-refractivity contribution in [1.29, 1.82) is 0 Å². The third kappa shape index (κ3) is 3.06. The highest BCUT2D eigenvalue weighted by molar-refractivity contribution is 6.12. The number of anilines is 2. The molecule has 1 fully saturated rings. The largest absolute Gasteiger partial charge is 0.497 e. The SMILES string of the molecule is COc1cccc(NC(=O)c2nnc(N3CCCC3)c3ccccc23)c1. The standard InChI is InChI=1S/C20H20N4O2/c1-26-15-8-6-7-14(13-15)21-20(25)18-16-9-2-3-10-17(16)19(23-22-18)24-11-4-5-12-24/h2-3,6-10,13H,4-5,11-12H2,1H3,(H,21,25). The van der Waals surface area contributed by atoms with Gasteiger partial charge in [-0.1, -0.05) is 30.3 Å². The van der Waals surface area contributed by atoms with E-state index in [0.29, 0.717) is 17.1 Å². The van der Waals surface area contributed by atoms with E-state index >= 15 is 0 Å². The lowest BCUT2D eigenvalue weighted by Crippen LogP contribution is -2.22. The molecule has 0 aliphatic carbocycles. The van der Waals surface area contributed by atoms with Crippen LogP contribution in [-0.2, 0) is 0 Å². The van der Waals surface area contributed by atoms with Crippen molar-refractivity contribution < 1.29 is 9.53 Å². The first-order chi connectivity index (χ1) is 12.8. The fraction of sp³-hybridized carbons (Fsp3) is 0.250. The highest BCUT2D eigenvalue weighted by Gasteiger charge is 2.21. The van der Waals surface area contributed by atoms with Crippen LogP contribution < -0.4 is 15.0 Å². The van der Waals surface area contributed by atoms with Gasteiger partial charge in [-0.15, -0.1) is 10.2 Å². The maximum atomic E-state index is 12.8. The molecule has 0 atom stereocenters. The van der Waals surface area contributed by atoms with Crippen molar-refractivity contribution in [2.45, 2.75) is 12.8 Å². The maximum absolute atomic E-state index is 12.8. The summed E-state index contributed by atoms with van der Waals surface area (Å²) in [4.78, 5) is 15.0. The van der Waals surface area contributed by atoms with E-state index < -0.39 is 0 Å². The lowest BCUT2D eigenvalue weighted by molar-refractivity contribution is 0.102. The average Bonchev–Trinajstić information content (AvgIpc) is 3.21. The summed E-state index contributed by atoms with van der Waals surface area (Å²) in [5, 5.41) is 13.3. The molecule has 1 amide bonds. The lowest BCUT2D eigenvalue weighted by Gasteiger charge is -2.18. The molecule has 0 unspecified atom stereocenters. The smallest absolute Gasteiger partial charge is 0.276 e. The number of hydrogen-bond donors (Lipinski definition) is 1. The van der Waals surface area contributed by atoms with Crippen LogP contribution in [0, 0.1) is 0 Å². The van der Waals surface area contributed by atoms with Crippen molar-refractivity contribution in [3.05, 3.63) is 54.2 Å². The summed E-state index contributed by atoms with van der Waals surface area (Å²) in [6.45, 7) is 1.96. The Hall–Kier alpha value is -3.15. The number of aromatic nitrogens is 2. The van der Waals surface area contributed by atoms with Crippen molar-refractivity contribution in [2.24, 2.45) is 0 Å². The van der Waals surface area contributed by atoms with E-state index in [1.807, 2.05) is 42.5 Å². The third-order valence-electron chi connectivity index (χ3n) is 4.62. The van der Waals surface area contributed by atoms with Crippen LogP contribution in [0.4, 0.5) is 11.5 Å². The summed E-state index contributed by atoms with van der Waals surface area (Å²) in [6.07, 6.45) is 2.32. The van der Waals surface area contributed by atoms with Gasteiger partial charge in [0, 0.05) is 35.6 Å². The van der Waals surface area contributed by atoms with Gasteiger partial charge < -0.3 is 15.0 Å². The molecule has 1 aliphatic heterocycles. The van der Waals surface area contributed by atoms with E-state index in [-0.39, 0.29) is 5.91 Å². The molecule has 1 aliphatic rings. The van der Waals surface area contributed by atoms with Gasteiger partial charge in [-0.05, 0) is 25.0 Å². The fourth-order valence-corrected chi connectivity index (χ4v) is 3.31. The predicted octanol–water partition coefficient (Wildman–Crippen LogP) is 3.49. The fourth-order valence-electron chi connectivity index (χ4n) is 3.31. The molecular weight excluding hydrogens is 328 g/mol. The zero-order chi connectivity index (χ0) is 17.9. The number of fused-ring (bicyclic) bond motifs is 1. The number of nitrogens with zero attached hydrogens (tertiary/aromatic N) is 3. The zero-order valence-corrected chi connectivity index (χ0v) is 14.6. The van der Waals surface area contributed by atoms with Crippen molar-refractivity contribution in [3.8, 4) is 5.75 Å². The van der Waals surface area contributed by atoms with Crippen LogP contribution >= 0.6 is 0 Å². The molecule has 4 rings (SSSR count). The molecule has 1 N–H and O–H groups in total. The number of carbonyl (C=O) groups is 1. The van der Waals surface area contributed by atoms with E-state index in [4.69, 9.17) is 4.74 Å². The van der Waals surface area contributed by atoms with Gasteiger partial charge in [0.25, 0.3) is 5.91 Å². The van der Waals surface area contributed by atoms with Gasteiger partial charge in [0.2, 0.25) is 0 Å². The molecule has 3 aromatic rings. The van der Waals surface area contributed by atoms with E-state index in [0.717, 1.165) is 42.5 Å². The Morgan fingerprint density at radius 2 is 1.81 bits per heavy atom. The minimum atomic E-state index is -0.282. The lowest BCUT2D eigenvalue weighted by atomic mass is 10.1. The molecule has 26 heavy (non-hydrogen) atoms. The summed E-state index contributed by atoms with van der Waals surface area (Å²) in [5.74, 6) is 1.26. The van der Waals surface area contributed by atoms with Crippen molar-refractivity contribution >= 4 is 28.2 Å². The second kappa shape index (κ2) is 7.00. The number of hydrogen-bond acceptors (Lipinski definition) is 5. The molecule has 0 radical (unpaired) electrons. The topological polar surface area (TPSA) is 67.3 Å². The normalized spacial score (nSPS) is 13.8. The number of amides is 1. The molecule has 6 nitrogen and oxygen atoms in total. The monoisotopic (exact) mass is 348 g/mol. The number of rotatable bonds is 4. The zero-order valence-electron chi connectivity index (χ0n) is 14.6. The van der Waals surface area contributed by atoms with Crippen LogP contribution in [0.5, 0.6) is 5.75 Å². The Bertz CT molecular complexity index is 951. The summed E-state index contributed by atoms with van der Waals surface area (Å²) >= 11 is 0. The molecule has 0 bridgehead atoms. The molecule has 1 aromatic heterocycles. The highest BCUT2D eigenvalue weighted by atomic mass is 16.5. The molecule has 1 saturated heterocycles. The van der Waals surface area contributed by atoms with Gasteiger partial charge in [-0.2, -0.15) is 0 Å². The van der Waals surface area contributed by atoms with Crippen molar-refractivity contribution in [1.82, 2.24) is 10.2 Å². The second-order valence-corrected chi connectivity index (χ2v) is 6.30. The predicted molar refractivity (Wildman–Crippen MR) is 102 cm³/mol. The van der Waals surface area contributed by atoms with Crippen molar-refractivity contribution in [3.63, 3.8) is 0 Å². The molecule has 6 heteroatoms. The van der Waals surface area contributed by atoms with E-state index in [1.54, 1.807) is 13.2 Å². The van der Waals surface area contributed by atoms with Gasteiger partial charge in [0.15, 0.2) is 11.5 Å². The van der Waals surface area contributed by atoms with Gasteiger partial charge in [0.05, 0.1) is 7.11 Å². The first kappa shape index (κ1) is 16.3. The Morgan fingerprint density at radius 3 is 2.58 bits per heavy atom. The first-order valence-electron chi connectivity index (χ1n) is 8.72. The van der Waals surface area contributed by atoms with Crippen molar-refractivity contribution in [2.75, 3.05) is 30.4 Å². The molecule has 2 aromatic carbocycles. The molecule has 0 saturated carbocycles. The molecule has 0 spiro atoms. The summed E-state index contributed by atoms with van der Waals surface area (Å²) < 4.78 is 5.20. The Balaban J connectivity index is 1.70. The van der Waals surface area contributed by atoms with Gasteiger partial charge in [0.1, 0.15) is 5.75 Å². The average molecular weight is 348 g/mol. The van der Waals surface area contributed by atoms with Gasteiger partial charge in [-0.25, -0.2) is 0 Å². The molecular formula is C20H20N4O2. The van der Waals surface area contributed by atoms with E-state index in [1.165, 1.54) is 0 Å². The minimum absolute atomic E-state index is 0.282. The summed E-state index contributed by atoms with van der Waals surface area (Å²) in [5.41, 5.74) is 0.982. The van der Waals surface area contributed by atoms with Gasteiger partial charge in [-0.3, -0.25) is 4.79 Å². The Morgan fingerprint density at radius 1 is 1.04 bits per heavy atom. The molecule has 132 valence electrons. The maximum Gasteiger partial charge on any atom is 0.276 e. The number of methoxy groups -OCH3 is 1. The first-order valence-corrected chi connectivity index (χ1v) is 8.72. The van der Waals surface area contributed by atoms with Crippen LogP contribution in [0.2, 0.25) is 0 Å². The van der Waals surface area contributed by atoms with Crippen LogP contribution in [0.15, 0.2) is 48.5 Å².